The Hall–Kier alpha value is -1.81. The number of hydrogen-bond acceptors (Lipinski definition) is 2. The van der Waals surface area contributed by atoms with Gasteiger partial charge in [0.2, 0.25) is 0 Å². The van der Waals surface area contributed by atoms with E-state index in [1.807, 2.05) is 41.8 Å². The quantitative estimate of drug-likeness (QED) is 0.862. The number of anilines is 1. The maximum Gasteiger partial charge on any atom is 0.319 e. The van der Waals surface area contributed by atoms with Gasteiger partial charge in [-0.25, -0.2) is 4.79 Å². The molecule has 3 nitrogen and oxygen atoms in total. The lowest BCUT2D eigenvalue weighted by molar-refractivity contribution is 0.252. The second-order valence-electron chi connectivity index (χ2n) is 4.66. The molecule has 0 saturated carbocycles. The van der Waals surface area contributed by atoms with Crippen LogP contribution in [0.3, 0.4) is 0 Å². The summed E-state index contributed by atoms with van der Waals surface area (Å²) in [5, 5.41) is 7.66. The fraction of sp³-hybridized carbons (Fsp3) is 0.267. The summed E-state index contributed by atoms with van der Waals surface area (Å²) in [5.74, 6) is 0.502. The first-order valence-electron chi connectivity index (χ1n) is 6.32. The van der Waals surface area contributed by atoms with Crippen molar-refractivity contribution in [2.45, 2.75) is 26.3 Å². The van der Waals surface area contributed by atoms with Crippen LogP contribution in [0.1, 0.15) is 30.2 Å². The number of rotatable bonds is 4. The van der Waals surface area contributed by atoms with Gasteiger partial charge in [0.25, 0.3) is 0 Å². The Balaban J connectivity index is 1.84. The van der Waals surface area contributed by atoms with Gasteiger partial charge in [0, 0.05) is 10.6 Å². The number of urea groups is 1. The molecule has 100 valence electrons. The van der Waals surface area contributed by atoms with Crippen LogP contribution in [0.2, 0.25) is 0 Å². The first-order chi connectivity index (χ1) is 9.15. The normalized spacial score (nSPS) is 10.5. The number of benzene rings is 1. The highest BCUT2D eigenvalue weighted by atomic mass is 32.1. The van der Waals surface area contributed by atoms with Gasteiger partial charge < -0.3 is 10.6 Å². The molecule has 0 aliphatic heterocycles. The predicted molar refractivity (Wildman–Crippen MR) is 80.7 cm³/mol. The number of carbonyl (C=O) groups excluding carboxylic acids is 1. The first kappa shape index (κ1) is 13.6. The van der Waals surface area contributed by atoms with Crippen LogP contribution in [-0.4, -0.2) is 6.03 Å². The molecule has 2 N–H and O–H groups in total. The molecule has 0 aliphatic carbocycles. The molecular formula is C15H18N2OS. The van der Waals surface area contributed by atoms with E-state index in [0.29, 0.717) is 12.5 Å². The van der Waals surface area contributed by atoms with Crippen molar-refractivity contribution in [1.82, 2.24) is 5.32 Å². The van der Waals surface area contributed by atoms with Crippen molar-refractivity contribution < 1.29 is 4.79 Å². The van der Waals surface area contributed by atoms with Gasteiger partial charge in [-0.1, -0.05) is 32.0 Å². The fourth-order valence-electron chi connectivity index (χ4n) is 1.71. The smallest absolute Gasteiger partial charge is 0.319 e. The summed E-state index contributed by atoms with van der Waals surface area (Å²) in [4.78, 5) is 12.9. The van der Waals surface area contributed by atoms with Crippen LogP contribution in [-0.2, 0) is 6.54 Å². The third-order valence-electron chi connectivity index (χ3n) is 2.84. The van der Waals surface area contributed by atoms with E-state index < -0.39 is 0 Å². The third-order valence-corrected chi connectivity index (χ3v) is 3.71. The van der Waals surface area contributed by atoms with E-state index in [-0.39, 0.29) is 6.03 Å². The summed E-state index contributed by atoms with van der Waals surface area (Å²) >= 11 is 1.63. The highest BCUT2D eigenvalue weighted by Crippen LogP contribution is 2.17. The van der Waals surface area contributed by atoms with Crippen molar-refractivity contribution in [3.05, 3.63) is 52.2 Å². The molecule has 19 heavy (non-hydrogen) atoms. The minimum Gasteiger partial charge on any atom is -0.333 e. The Morgan fingerprint density at radius 3 is 2.53 bits per heavy atom. The zero-order chi connectivity index (χ0) is 13.7. The van der Waals surface area contributed by atoms with Crippen LogP contribution in [0.5, 0.6) is 0 Å². The zero-order valence-corrected chi connectivity index (χ0v) is 12.0. The highest BCUT2D eigenvalue weighted by Gasteiger charge is 2.03. The molecule has 0 aliphatic rings. The van der Waals surface area contributed by atoms with E-state index in [2.05, 4.69) is 24.5 Å². The van der Waals surface area contributed by atoms with Crippen LogP contribution in [0.15, 0.2) is 41.8 Å². The molecule has 0 spiro atoms. The Bertz CT molecular complexity index is 518. The lowest BCUT2D eigenvalue weighted by Crippen LogP contribution is -2.27. The van der Waals surface area contributed by atoms with Crippen molar-refractivity contribution in [3.63, 3.8) is 0 Å². The number of hydrogen-bond donors (Lipinski definition) is 2. The Morgan fingerprint density at radius 1 is 1.21 bits per heavy atom. The van der Waals surface area contributed by atoms with Crippen molar-refractivity contribution in [3.8, 4) is 0 Å². The van der Waals surface area contributed by atoms with Crippen molar-refractivity contribution in [2.75, 3.05) is 5.32 Å². The SMILES string of the molecule is CC(C)c1ccc(NC(=O)NCc2cccs2)cc1. The van der Waals surface area contributed by atoms with Crippen molar-refractivity contribution in [2.24, 2.45) is 0 Å². The summed E-state index contributed by atoms with van der Waals surface area (Å²) in [6.07, 6.45) is 0. The maximum absolute atomic E-state index is 11.7. The van der Waals surface area contributed by atoms with Gasteiger partial charge in [-0.2, -0.15) is 0 Å². The van der Waals surface area contributed by atoms with Gasteiger partial charge >= 0.3 is 6.03 Å². The lowest BCUT2D eigenvalue weighted by Gasteiger charge is -2.09. The molecule has 1 heterocycles. The van der Waals surface area contributed by atoms with Crippen molar-refractivity contribution in [1.29, 1.82) is 0 Å². The van der Waals surface area contributed by atoms with Gasteiger partial charge in [0.15, 0.2) is 0 Å². The van der Waals surface area contributed by atoms with Crippen LogP contribution >= 0.6 is 11.3 Å². The van der Waals surface area contributed by atoms with Gasteiger partial charge in [-0.15, -0.1) is 11.3 Å². The molecule has 2 rings (SSSR count). The van der Waals surface area contributed by atoms with E-state index in [9.17, 15) is 4.79 Å². The van der Waals surface area contributed by atoms with Crippen LogP contribution in [0, 0.1) is 0 Å². The molecule has 2 aromatic rings. The van der Waals surface area contributed by atoms with Gasteiger partial charge in [-0.05, 0) is 35.1 Å². The van der Waals surface area contributed by atoms with Crippen LogP contribution < -0.4 is 10.6 Å². The second kappa shape index (κ2) is 6.38. The average Bonchev–Trinajstić information content (AvgIpc) is 2.90. The van der Waals surface area contributed by atoms with E-state index >= 15 is 0 Å². The topological polar surface area (TPSA) is 41.1 Å². The van der Waals surface area contributed by atoms with Gasteiger partial charge in [0.05, 0.1) is 6.54 Å². The van der Waals surface area contributed by atoms with Crippen LogP contribution in [0.25, 0.3) is 0 Å². The van der Waals surface area contributed by atoms with Crippen LogP contribution in [0.4, 0.5) is 10.5 Å². The van der Waals surface area contributed by atoms with E-state index in [0.717, 1.165) is 10.6 Å². The number of carbonyl (C=O) groups is 1. The summed E-state index contributed by atoms with van der Waals surface area (Å²) in [6.45, 7) is 4.86. The fourth-order valence-corrected chi connectivity index (χ4v) is 2.35. The Labute approximate surface area is 117 Å². The minimum atomic E-state index is -0.175. The molecule has 0 saturated heterocycles. The second-order valence-corrected chi connectivity index (χ2v) is 5.70. The summed E-state index contributed by atoms with van der Waals surface area (Å²) in [7, 11) is 0. The molecular weight excluding hydrogens is 256 g/mol. The lowest BCUT2D eigenvalue weighted by atomic mass is 10.0. The number of amides is 2. The maximum atomic E-state index is 11.7. The molecule has 4 heteroatoms. The van der Waals surface area contributed by atoms with Gasteiger partial charge in [-0.3, -0.25) is 0 Å². The molecule has 0 bridgehead atoms. The molecule has 0 radical (unpaired) electrons. The summed E-state index contributed by atoms with van der Waals surface area (Å²) in [6, 6.07) is 11.7. The standard InChI is InChI=1S/C15H18N2OS/c1-11(2)12-5-7-13(8-6-12)17-15(18)16-10-14-4-3-9-19-14/h3-9,11H,10H2,1-2H3,(H2,16,17,18). The van der Waals surface area contributed by atoms with Crippen molar-refractivity contribution >= 4 is 23.1 Å². The first-order valence-corrected chi connectivity index (χ1v) is 7.20. The monoisotopic (exact) mass is 274 g/mol. The zero-order valence-electron chi connectivity index (χ0n) is 11.1. The molecule has 0 fully saturated rings. The molecule has 1 aromatic carbocycles. The van der Waals surface area contributed by atoms with E-state index in [1.54, 1.807) is 11.3 Å². The van der Waals surface area contributed by atoms with Gasteiger partial charge in [0.1, 0.15) is 0 Å². The van der Waals surface area contributed by atoms with E-state index in [4.69, 9.17) is 0 Å². The molecule has 1 aromatic heterocycles. The average molecular weight is 274 g/mol. The Morgan fingerprint density at radius 2 is 1.95 bits per heavy atom. The predicted octanol–water partition coefficient (Wildman–Crippen LogP) is 4.19. The molecule has 0 atom stereocenters. The summed E-state index contributed by atoms with van der Waals surface area (Å²) < 4.78 is 0. The largest absolute Gasteiger partial charge is 0.333 e. The van der Waals surface area contributed by atoms with E-state index in [1.165, 1.54) is 5.56 Å². The Kier molecular flexibility index (Phi) is 4.58. The minimum absolute atomic E-state index is 0.175. The number of thiophene rings is 1. The molecule has 2 amide bonds. The number of nitrogens with one attached hydrogen (secondary N) is 2. The summed E-state index contributed by atoms with van der Waals surface area (Å²) in [5.41, 5.74) is 2.08. The third kappa shape index (κ3) is 4.10. The molecule has 0 unspecified atom stereocenters. The highest BCUT2D eigenvalue weighted by molar-refractivity contribution is 7.09.